The number of hydrogen-bond donors (Lipinski definition) is 1. The predicted molar refractivity (Wildman–Crippen MR) is 103 cm³/mol. The Bertz CT molecular complexity index is 395. The van der Waals surface area contributed by atoms with Crippen LogP contribution in [0, 0.1) is 3.57 Å². The molecule has 0 saturated carbocycles. The largest absolute Gasteiger partial charge is 0.310 e. The summed E-state index contributed by atoms with van der Waals surface area (Å²) in [5.41, 5.74) is 1.34. The van der Waals surface area contributed by atoms with Gasteiger partial charge in [0.2, 0.25) is 0 Å². The fourth-order valence-electron chi connectivity index (χ4n) is 2.56. The van der Waals surface area contributed by atoms with Gasteiger partial charge in [0.15, 0.2) is 0 Å². The second-order valence-corrected chi connectivity index (χ2v) is 7.31. The average Bonchev–Trinajstić information content (AvgIpc) is 2.49. The van der Waals surface area contributed by atoms with Crippen molar-refractivity contribution in [2.45, 2.75) is 71.3 Å². The number of unbranched alkanes of at least 4 members (excludes halogenated alkanes) is 5. The monoisotopic (exact) mass is 421 g/mol. The lowest BCUT2D eigenvalue weighted by atomic mass is 9.99. The standard InChI is InChI=1S/C18H29ClIN/c1-3-5-6-7-8-9-10-18(21-13-4-2)15-11-12-17(20)16(19)14-15/h11-12,14,18,21H,3-10,13H2,1-2H3. The molecule has 0 radical (unpaired) electrons. The van der Waals surface area contributed by atoms with Crippen molar-refractivity contribution in [3.8, 4) is 0 Å². The topological polar surface area (TPSA) is 12.0 Å². The van der Waals surface area contributed by atoms with Crippen molar-refractivity contribution < 1.29 is 0 Å². The van der Waals surface area contributed by atoms with Crippen LogP contribution < -0.4 is 5.32 Å². The summed E-state index contributed by atoms with van der Waals surface area (Å²) in [7, 11) is 0. The molecule has 0 aliphatic carbocycles. The second kappa shape index (κ2) is 11.7. The van der Waals surface area contributed by atoms with E-state index < -0.39 is 0 Å². The smallest absolute Gasteiger partial charge is 0.0542 e. The average molecular weight is 422 g/mol. The van der Waals surface area contributed by atoms with Gasteiger partial charge in [-0.2, -0.15) is 0 Å². The zero-order chi connectivity index (χ0) is 15.5. The lowest BCUT2D eigenvalue weighted by molar-refractivity contribution is 0.466. The van der Waals surface area contributed by atoms with E-state index in [4.69, 9.17) is 11.6 Å². The first kappa shape index (κ1) is 19.2. The molecule has 1 aromatic rings. The molecule has 0 bridgehead atoms. The number of halogens is 2. The molecule has 1 unspecified atom stereocenters. The van der Waals surface area contributed by atoms with Crippen LogP contribution in [0.25, 0.3) is 0 Å². The molecule has 120 valence electrons. The van der Waals surface area contributed by atoms with Crippen molar-refractivity contribution in [3.05, 3.63) is 32.4 Å². The van der Waals surface area contributed by atoms with Gasteiger partial charge in [-0.25, -0.2) is 0 Å². The first-order chi connectivity index (χ1) is 10.2. The van der Waals surface area contributed by atoms with Crippen molar-refractivity contribution in [2.75, 3.05) is 6.54 Å². The maximum absolute atomic E-state index is 6.28. The van der Waals surface area contributed by atoms with E-state index in [0.717, 1.165) is 15.1 Å². The van der Waals surface area contributed by atoms with Crippen molar-refractivity contribution >= 4 is 34.2 Å². The SMILES string of the molecule is CCCCCCCCC(NCCC)c1ccc(I)c(Cl)c1. The molecule has 1 rings (SSSR count). The highest BCUT2D eigenvalue weighted by molar-refractivity contribution is 14.1. The third-order valence-electron chi connectivity index (χ3n) is 3.83. The minimum absolute atomic E-state index is 0.450. The van der Waals surface area contributed by atoms with Crippen LogP contribution in [-0.2, 0) is 0 Å². The summed E-state index contributed by atoms with van der Waals surface area (Å²) >= 11 is 8.56. The zero-order valence-corrected chi connectivity index (χ0v) is 16.3. The molecule has 0 amide bonds. The maximum atomic E-state index is 6.28. The number of benzene rings is 1. The van der Waals surface area contributed by atoms with Gasteiger partial charge in [-0.05, 0) is 59.7 Å². The maximum Gasteiger partial charge on any atom is 0.0542 e. The molecule has 3 heteroatoms. The minimum atomic E-state index is 0.450. The van der Waals surface area contributed by atoms with Crippen molar-refractivity contribution in [3.63, 3.8) is 0 Å². The minimum Gasteiger partial charge on any atom is -0.310 e. The summed E-state index contributed by atoms with van der Waals surface area (Å²) in [6, 6.07) is 6.93. The van der Waals surface area contributed by atoms with Gasteiger partial charge >= 0.3 is 0 Å². The molecule has 0 spiro atoms. The number of hydrogen-bond acceptors (Lipinski definition) is 1. The molecule has 1 aromatic carbocycles. The molecule has 0 aliphatic heterocycles. The van der Waals surface area contributed by atoms with Gasteiger partial charge in [0.1, 0.15) is 0 Å². The Hall–Kier alpha value is 0.200. The molecular weight excluding hydrogens is 393 g/mol. The van der Waals surface area contributed by atoms with Gasteiger partial charge in [0.05, 0.1) is 5.02 Å². The zero-order valence-electron chi connectivity index (χ0n) is 13.4. The number of nitrogens with one attached hydrogen (secondary N) is 1. The second-order valence-electron chi connectivity index (χ2n) is 5.74. The van der Waals surface area contributed by atoms with Gasteiger partial charge in [0.25, 0.3) is 0 Å². The van der Waals surface area contributed by atoms with Crippen LogP contribution in [-0.4, -0.2) is 6.54 Å². The summed E-state index contributed by atoms with van der Waals surface area (Å²) in [6.45, 7) is 5.56. The van der Waals surface area contributed by atoms with Crippen LogP contribution in [0.4, 0.5) is 0 Å². The van der Waals surface area contributed by atoms with Gasteiger partial charge in [-0.3, -0.25) is 0 Å². The predicted octanol–water partition coefficient (Wildman–Crippen LogP) is 6.74. The van der Waals surface area contributed by atoms with E-state index in [1.807, 2.05) is 0 Å². The molecule has 0 fully saturated rings. The molecule has 0 aliphatic rings. The summed E-state index contributed by atoms with van der Waals surface area (Å²) in [6.07, 6.45) is 10.5. The van der Waals surface area contributed by atoms with Crippen LogP contribution in [0.2, 0.25) is 5.02 Å². The normalized spacial score (nSPS) is 12.6. The highest BCUT2D eigenvalue weighted by atomic mass is 127. The third-order valence-corrected chi connectivity index (χ3v) is 5.41. The molecular formula is C18H29ClIN. The molecule has 0 saturated heterocycles. The highest BCUT2D eigenvalue weighted by Crippen LogP contribution is 2.26. The Kier molecular flexibility index (Phi) is 10.7. The van der Waals surface area contributed by atoms with E-state index in [0.29, 0.717) is 6.04 Å². The van der Waals surface area contributed by atoms with Crippen molar-refractivity contribution in [1.82, 2.24) is 5.32 Å². The van der Waals surface area contributed by atoms with Crippen LogP contribution in [0.3, 0.4) is 0 Å². The van der Waals surface area contributed by atoms with Gasteiger partial charge in [-0.1, -0.05) is 70.0 Å². The molecule has 21 heavy (non-hydrogen) atoms. The first-order valence-electron chi connectivity index (χ1n) is 8.37. The Morgan fingerprint density at radius 1 is 1.05 bits per heavy atom. The summed E-state index contributed by atoms with van der Waals surface area (Å²) < 4.78 is 1.13. The Labute approximate surface area is 149 Å². The van der Waals surface area contributed by atoms with Gasteiger partial charge in [-0.15, -0.1) is 0 Å². The van der Waals surface area contributed by atoms with Crippen LogP contribution in [0.5, 0.6) is 0 Å². The van der Waals surface area contributed by atoms with Crippen LogP contribution in [0.1, 0.15) is 76.8 Å². The van der Waals surface area contributed by atoms with Crippen LogP contribution in [0.15, 0.2) is 18.2 Å². The lowest BCUT2D eigenvalue weighted by Crippen LogP contribution is -2.22. The third kappa shape index (κ3) is 7.85. The summed E-state index contributed by atoms with van der Waals surface area (Å²) in [4.78, 5) is 0. The molecule has 0 aromatic heterocycles. The summed E-state index contributed by atoms with van der Waals surface area (Å²) in [5.74, 6) is 0. The molecule has 1 N–H and O–H groups in total. The van der Waals surface area contributed by atoms with E-state index in [1.54, 1.807) is 0 Å². The Morgan fingerprint density at radius 2 is 1.76 bits per heavy atom. The molecule has 1 nitrogen and oxygen atoms in total. The lowest BCUT2D eigenvalue weighted by Gasteiger charge is -2.19. The summed E-state index contributed by atoms with van der Waals surface area (Å²) in [5, 5.41) is 4.55. The van der Waals surface area contributed by atoms with Crippen molar-refractivity contribution in [2.24, 2.45) is 0 Å². The first-order valence-corrected chi connectivity index (χ1v) is 9.83. The van der Waals surface area contributed by atoms with Gasteiger partial charge < -0.3 is 5.32 Å². The van der Waals surface area contributed by atoms with E-state index in [2.05, 4.69) is 60.0 Å². The molecule has 0 heterocycles. The Morgan fingerprint density at radius 3 is 2.43 bits per heavy atom. The fraction of sp³-hybridized carbons (Fsp3) is 0.667. The van der Waals surface area contributed by atoms with Crippen LogP contribution >= 0.6 is 34.2 Å². The van der Waals surface area contributed by atoms with E-state index >= 15 is 0 Å². The fourth-order valence-corrected chi connectivity index (χ4v) is 3.09. The van der Waals surface area contributed by atoms with Gasteiger partial charge in [0, 0.05) is 9.61 Å². The quantitative estimate of drug-likeness (QED) is 0.308. The molecule has 1 atom stereocenters. The highest BCUT2D eigenvalue weighted by Gasteiger charge is 2.11. The van der Waals surface area contributed by atoms with Crippen molar-refractivity contribution in [1.29, 1.82) is 0 Å². The van der Waals surface area contributed by atoms with E-state index in [9.17, 15) is 0 Å². The number of rotatable bonds is 11. The van der Waals surface area contributed by atoms with E-state index in [-0.39, 0.29) is 0 Å². The Balaban J connectivity index is 2.48. The van der Waals surface area contributed by atoms with E-state index in [1.165, 1.54) is 56.9 Å².